The van der Waals surface area contributed by atoms with Crippen molar-refractivity contribution in [1.29, 1.82) is 0 Å². The van der Waals surface area contributed by atoms with Gasteiger partial charge in [0.1, 0.15) is 0 Å². The third-order valence-corrected chi connectivity index (χ3v) is 4.65. The summed E-state index contributed by atoms with van der Waals surface area (Å²) >= 11 is 0. The van der Waals surface area contributed by atoms with E-state index in [1.165, 1.54) is 37.2 Å². The zero-order valence-corrected chi connectivity index (χ0v) is 10.7. The molecule has 2 N–H and O–H groups in total. The fraction of sp³-hybridized carbons (Fsp3) is 0.643. The van der Waals surface area contributed by atoms with Crippen molar-refractivity contribution in [3.63, 3.8) is 0 Å². The van der Waals surface area contributed by atoms with Gasteiger partial charge in [0.15, 0.2) is 0 Å². The number of piperidine rings is 1. The highest BCUT2D eigenvalue weighted by Gasteiger charge is 2.46. The molecule has 1 saturated heterocycles. The average molecular weight is 231 g/mol. The number of nitrogens with zero attached hydrogens (tertiary/aromatic N) is 2. The molecule has 92 valence electrons. The van der Waals surface area contributed by atoms with Crippen LogP contribution in [0.4, 0.5) is 0 Å². The molecule has 17 heavy (non-hydrogen) atoms. The van der Waals surface area contributed by atoms with Crippen molar-refractivity contribution >= 4 is 0 Å². The van der Waals surface area contributed by atoms with E-state index in [9.17, 15) is 0 Å². The van der Waals surface area contributed by atoms with Crippen molar-refractivity contribution in [2.45, 2.75) is 32.2 Å². The topological polar surface area (TPSA) is 42.2 Å². The lowest BCUT2D eigenvalue weighted by atomic mass is 9.73. The normalized spacial score (nSPS) is 27.4. The average Bonchev–Trinajstić information content (AvgIpc) is 2.57. The first-order valence-electron chi connectivity index (χ1n) is 6.51. The molecule has 1 fully saturated rings. The molecule has 0 radical (unpaired) electrons. The second-order valence-corrected chi connectivity index (χ2v) is 5.81. The van der Waals surface area contributed by atoms with Crippen molar-refractivity contribution in [3.05, 3.63) is 29.1 Å². The summed E-state index contributed by atoms with van der Waals surface area (Å²) in [6, 6.07) is 4.47. The molecule has 0 amide bonds. The fourth-order valence-electron chi connectivity index (χ4n) is 3.37. The summed E-state index contributed by atoms with van der Waals surface area (Å²) < 4.78 is 0. The second-order valence-electron chi connectivity index (χ2n) is 5.81. The number of likely N-dealkylation sites (tertiary alicyclic amines) is 1. The quantitative estimate of drug-likeness (QED) is 0.738. The number of aryl methyl sites for hydroxylation is 1. The summed E-state index contributed by atoms with van der Waals surface area (Å²) in [4.78, 5) is 7.08. The minimum Gasteiger partial charge on any atom is -0.323 e. The van der Waals surface area contributed by atoms with E-state index < -0.39 is 0 Å². The predicted molar refractivity (Wildman–Crippen MR) is 68.8 cm³/mol. The zero-order chi connectivity index (χ0) is 12.0. The van der Waals surface area contributed by atoms with Crippen LogP contribution in [0.5, 0.6) is 0 Å². The van der Waals surface area contributed by atoms with Crippen LogP contribution in [0.3, 0.4) is 0 Å². The fourth-order valence-corrected chi connectivity index (χ4v) is 3.37. The van der Waals surface area contributed by atoms with Crippen LogP contribution in [0.25, 0.3) is 0 Å². The van der Waals surface area contributed by atoms with Crippen LogP contribution < -0.4 is 5.73 Å². The number of hydrogen-bond acceptors (Lipinski definition) is 3. The molecule has 3 nitrogen and oxygen atoms in total. The first-order chi connectivity index (χ1) is 8.11. The van der Waals surface area contributed by atoms with Gasteiger partial charge in [-0.15, -0.1) is 0 Å². The Hall–Kier alpha value is -0.930. The van der Waals surface area contributed by atoms with E-state index in [0.717, 1.165) is 12.1 Å². The van der Waals surface area contributed by atoms with Crippen LogP contribution in [-0.2, 0) is 6.42 Å². The standard InChI is InChI=1S/C14H21N3/c1-10-3-4-11-12(16-10)9-14(13(11)15)5-7-17(2)8-6-14/h3-4,13H,5-9,15H2,1-2H3/t13-/m1/s1. The molecule has 1 aliphatic heterocycles. The molecule has 2 heterocycles. The minimum absolute atomic E-state index is 0.194. The van der Waals surface area contributed by atoms with E-state index in [2.05, 4.69) is 36.0 Å². The molecule has 1 atom stereocenters. The molecule has 0 saturated carbocycles. The summed E-state index contributed by atoms with van der Waals surface area (Å²) in [5.74, 6) is 0. The van der Waals surface area contributed by atoms with Crippen molar-refractivity contribution in [2.24, 2.45) is 11.1 Å². The molecule has 1 aromatic heterocycles. The van der Waals surface area contributed by atoms with Gasteiger partial charge in [-0.3, -0.25) is 4.98 Å². The Morgan fingerprint density at radius 2 is 2.06 bits per heavy atom. The van der Waals surface area contributed by atoms with Crippen molar-refractivity contribution < 1.29 is 0 Å². The zero-order valence-electron chi connectivity index (χ0n) is 10.7. The smallest absolute Gasteiger partial charge is 0.0460 e. The van der Waals surface area contributed by atoms with Gasteiger partial charge in [0.05, 0.1) is 0 Å². The van der Waals surface area contributed by atoms with Gasteiger partial charge in [0.25, 0.3) is 0 Å². The van der Waals surface area contributed by atoms with Gasteiger partial charge in [0.2, 0.25) is 0 Å². The second kappa shape index (κ2) is 3.79. The monoisotopic (exact) mass is 231 g/mol. The Labute approximate surface area is 103 Å². The highest BCUT2D eigenvalue weighted by Crippen LogP contribution is 2.49. The molecule has 2 aliphatic rings. The molecule has 0 bridgehead atoms. The van der Waals surface area contributed by atoms with E-state index in [-0.39, 0.29) is 11.5 Å². The summed E-state index contributed by atoms with van der Waals surface area (Å²) in [6.45, 7) is 4.40. The third kappa shape index (κ3) is 1.69. The molecule has 0 unspecified atom stereocenters. The van der Waals surface area contributed by atoms with E-state index >= 15 is 0 Å². The molecular formula is C14H21N3. The maximum absolute atomic E-state index is 6.49. The number of fused-ring (bicyclic) bond motifs is 1. The van der Waals surface area contributed by atoms with Gasteiger partial charge in [-0.2, -0.15) is 0 Å². The van der Waals surface area contributed by atoms with Crippen LogP contribution in [0.2, 0.25) is 0 Å². The molecule has 3 rings (SSSR count). The van der Waals surface area contributed by atoms with Crippen molar-refractivity contribution in [1.82, 2.24) is 9.88 Å². The van der Waals surface area contributed by atoms with Crippen LogP contribution in [0, 0.1) is 12.3 Å². The lowest BCUT2D eigenvalue weighted by Crippen LogP contribution is -2.42. The number of aromatic nitrogens is 1. The van der Waals surface area contributed by atoms with Crippen LogP contribution >= 0.6 is 0 Å². The highest BCUT2D eigenvalue weighted by molar-refractivity contribution is 5.34. The molecule has 1 spiro atoms. The number of nitrogens with two attached hydrogens (primary N) is 1. The van der Waals surface area contributed by atoms with Crippen LogP contribution in [0.1, 0.15) is 35.8 Å². The number of rotatable bonds is 0. The highest BCUT2D eigenvalue weighted by atomic mass is 15.1. The lowest BCUT2D eigenvalue weighted by molar-refractivity contribution is 0.105. The summed E-state index contributed by atoms with van der Waals surface area (Å²) in [5.41, 5.74) is 10.4. The third-order valence-electron chi connectivity index (χ3n) is 4.65. The molecule has 1 aromatic rings. The van der Waals surface area contributed by atoms with Gasteiger partial charge < -0.3 is 10.6 Å². The largest absolute Gasteiger partial charge is 0.323 e. The maximum Gasteiger partial charge on any atom is 0.0460 e. The number of hydrogen-bond donors (Lipinski definition) is 1. The van der Waals surface area contributed by atoms with Gasteiger partial charge in [-0.25, -0.2) is 0 Å². The van der Waals surface area contributed by atoms with Gasteiger partial charge in [0, 0.05) is 17.4 Å². The summed E-state index contributed by atoms with van der Waals surface area (Å²) in [5, 5.41) is 0. The molecule has 0 aromatic carbocycles. The Kier molecular flexibility index (Phi) is 2.49. The van der Waals surface area contributed by atoms with E-state index in [1.54, 1.807) is 0 Å². The predicted octanol–water partition coefficient (Wildman–Crippen LogP) is 1.66. The van der Waals surface area contributed by atoms with Gasteiger partial charge in [-0.05, 0) is 63.4 Å². The minimum atomic E-state index is 0.194. The summed E-state index contributed by atoms with van der Waals surface area (Å²) in [7, 11) is 2.20. The lowest BCUT2D eigenvalue weighted by Gasteiger charge is -2.40. The van der Waals surface area contributed by atoms with Crippen LogP contribution in [0.15, 0.2) is 12.1 Å². The number of pyridine rings is 1. The van der Waals surface area contributed by atoms with Crippen molar-refractivity contribution in [3.8, 4) is 0 Å². The van der Waals surface area contributed by atoms with Crippen molar-refractivity contribution in [2.75, 3.05) is 20.1 Å². The molecule has 3 heteroatoms. The molecule has 1 aliphatic carbocycles. The van der Waals surface area contributed by atoms with Crippen LogP contribution in [-0.4, -0.2) is 30.0 Å². The van der Waals surface area contributed by atoms with E-state index in [1.807, 2.05) is 0 Å². The Morgan fingerprint density at radius 3 is 2.76 bits per heavy atom. The maximum atomic E-state index is 6.49. The van der Waals surface area contributed by atoms with Gasteiger partial charge in [-0.1, -0.05) is 6.07 Å². The Balaban J connectivity index is 1.92. The Morgan fingerprint density at radius 1 is 1.35 bits per heavy atom. The molecular weight excluding hydrogens is 210 g/mol. The van der Waals surface area contributed by atoms with E-state index in [4.69, 9.17) is 5.73 Å². The summed E-state index contributed by atoms with van der Waals surface area (Å²) in [6.07, 6.45) is 3.50. The van der Waals surface area contributed by atoms with Gasteiger partial charge >= 0.3 is 0 Å². The Bertz CT molecular complexity index is 433. The SMILES string of the molecule is Cc1ccc2c(n1)CC1(CCN(C)CC1)[C@@H]2N. The van der Waals surface area contributed by atoms with E-state index in [0.29, 0.717) is 0 Å². The first kappa shape index (κ1) is 11.2. The first-order valence-corrected chi connectivity index (χ1v) is 6.51.